The molecule has 0 aromatic carbocycles. The van der Waals surface area contributed by atoms with E-state index in [4.69, 9.17) is 0 Å². The Morgan fingerprint density at radius 3 is 2.29 bits per heavy atom. The Kier molecular flexibility index (Phi) is 2.18. The number of hydrogen-bond donors (Lipinski definition) is 0. The van der Waals surface area contributed by atoms with Gasteiger partial charge in [-0.05, 0) is 11.6 Å². The van der Waals surface area contributed by atoms with Crippen LogP contribution in [0.15, 0.2) is 36.7 Å². The Balaban J connectivity index is 2.52. The van der Waals surface area contributed by atoms with Gasteiger partial charge in [0.2, 0.25) is 11.9 Å². The first-order valence-electron chi connectivity index (χ1n) is 3.99. The van der Waals surface area contributed by atoms with Gasteiger partial charge in [0.25, 0.3) is 0 Å². The molecule has 70 valence electrons. The smallest absolute Gasteiger partial charge is 0.216 e. The zero-order chi connectivity index (χ0) is 9.97. The molecule has 0 atom stereocenters. The molecule has 2 aromatic heterocycles. The minimum Gasteiger partial charge on any atom is -0.264 e. The molecule has 0 unspecified atom stereocenters. The average molecular weight is 192 g/mol. The van der Waals surface area contributed by atoms with Crippen molar-refractivity contribution >= 4 is 0 Å². The molecule has 0 bridgehead atoms. The minimum absolute atomic E-state index is 0.433. The quantitative estimate of drug-likeness (QED) is 0.648. The Labute approximate surface area is 79.3 Å². The number of pyridine rings is 2. The average Bonchev–Trinajstić information content (AvgIpc) is 2.18. The highest BCUT2D eigenvalue weighted by Gasteiger charge is 2.03. The van der Waals surface area contributed by atoms with E-state index in [1.807, 2.05) is 0 Å². The Morgan fingerprint density at radius 2 is 1.71 bits per heavy atom. The van der Waals surface area contributed by atoms with Crippen LogP contribution >= 0.6 is 0 Å². The number of nitrogens with zero attached hydrogens (tertiary/aromatic N) is 2. The maximum absolute atomic E-state index is 12.7. The van der Waals surface area contributed by atoms with Crippen LogP contribution in [0.3, 0.4) is 0 Å². The summed E-state index contributed by atoms with van der Waals surface area (Å²) in [6.45, 7) is 0. The van der Waals surface area contributed by atoms with Crippen molar-refractivity contribution in [2.24, 2.45) is 0 Å². The van der Waals surface area contributed by atoms with Crippen LogP contribution in [0, 0.1) is 11.9 Å². The topological polar surface area (TPSA) is 25.8 Å². The molecule has 0 saturated heterocycles. The van der Waals surface area contributed by atoms with Crippen LogP contribution in [0.5, 0.6) is 0 Å². The molecule has 0 spiro atoms. The standard InChI is InChI=1S/C10H6F2N2/c11-9-4-8(5-10(12)14-9)7-2-1-3-13-6-7/h1-6H. The lowest BCUT2D eigenvalue weighted by Crippen LogP contribution is -1.89. The minimum atomic E-state index is -0.830. The molecule has 0 aliphatic carbocycles. The second kappa shape index (κ2) is 3.49. The van der Waals surface area contributed by atoms with E-state index in [0.29, 0.717) is 11.1 Å². The number of rotatable bonds is 1. The molecule has 0 aliphatic rings. The zero-order valence-electron chi connectivity index (χ0n) is 7.11. The highest BCUT2D eigenvalue weighted by atomic mass is 19.1. The van der Waals surface area contributed by atoms with Gasteiger partial charge in [-0.1, -0.05) is 6.07 Å². The monoisotopic (exact) mass is 192 g/mol. The number of aromatic nitrogens is 2. The third kappa shape index (κ3) is 1.74. The highest BCUT2D eigenvalue weighted by molar-refractivity contribution is 5.61. The van der Waals surface area contributed by atoms with Gasteiger partial charge in [0.05, 0.1) is 0 Å². The maximum atomic E-state index is 12.7. The lowest BCUT2D eigenvalue weighted by molar-refractivity contribution is 0.513. The summed E-state index contributed by atoms with van der Waals surface area (Å²) in [6, 6.07) is 5.76. The Hall–Kier alpha value is -1.84. The molecular formula is C10H6F2N2. The van der Waals surface area contributed by atoms with Crippen LogP contribution in [0.1, 0.15) is 0 Å². The molecule has 2 aromatic rings. The number of hydrogen-bond acceptors (Lipinski definition) is 2. The predicted molar refractivity (Wildman–Crippen MR) is 47.4 cm³/mol. The van der Waals surface area contributed by atoms with Crippen LogP contribution in [-0.4, -0.2) is 9.97 Å². The Morgan fingerprint density at radius 1 is 1.00 bits per heavy atom. The summed E-state index contributed by atoms with van der Waals surface area (Å²) >= 11 is 0. The van der Waals surface area contributed by atoms with Gasteiger partial charge < -0.3 is 0 Å². The van der Waals surface area contributed by atoms with Crippen LogP contribution in [-0.2, 0) is 0 Å². The second-order valence-electron chi connectivity index (χ2n) is 2.74. The SMILES string of the molecule is Fc1cc(-c2cccnc2)cc(F)n1. The van der Waals surface area contributed by atoms with Gasteiger partial charge in [-0.3, -0.25) is 4.98 Å². The third-order valence-corrected chi connectivity index (χ3v) is 1.76. The predicted octanol–water partition coefficient (Wildman–Crippen LogP) is 2.42. The summed E-state index contributed by atoms with van der Waals surface area (Å²) in [5.74, 6) is -1.66. The fourth-order valence-electron chi connectivity index (χ4n) is 1.17. The summed E-state index contributed by atoms with van der Waals surface area (Å²) in [7, 11) is 0. The molecule has 2 nitrogen and oxygen atoms in total. The molecule has 0 aliphatic heterocycles. The highest BCUT2D eigenvalue weighted by Crippen LogP contribution is 2.18. The van der Waals surface area contributed by atoms with E-state index in [-0.39, 0.29) is 0 Å². The van der Waals surface area contributed by atoms with Crippen molar-refractivity contribution in [3.63, 3.8) is 0 Å². The van der Waals surface area contributed by atoms with Crippen molar-refractivity contribution in [3.8, 4) is 11.1 Å². The van der Waals surface area contributed by atoms with Crippen LogP contribution in [0.4, 0.5) is 8.78 Å². The third-order valence-electron chi connectivity index (χ3n) is 1.76. The molecule has 4 heteroatoms. The van der Waals surface area contributed by atoms with Crippen molar-refractivity contribution in [1.82, 2.24) is 9.97 Å². The van der Waals surface area contributed by atoms with Crippen LogP contribution in [0.2, 0.25) is 0 Å². The molecule has 2 heterocycles. The van der Waals surface area contributed by atoms with E-state index >= 15 is 0 Å². The summed E-state index contributed by atoms with van der Waals surface area (Å²) in [4.78, 5) is 6.86. The van der Waals surface area contributed by atoms with Crippen molar-refractivity contribution in [2.75, 3.05) is 0 Å². The lowest BCUT2D eigenvalue weighted by atomic mass is 10.1. The van der Waals surface area contributed by atoms with Gasteiger partial charge in [0, 0.05) is 30.1 Å². The van der Waals surface area contributed by atoms with E-state index in [1.54, 1.807) is 18.3 Å². The number of halogens is 2. The van der Waals surface area contributed by atoms with Gasteiger partial charge in [-0.2, -0.15) is 13.8 Å². The van der Waals surface area contributed by atoms with E-state index in [2.05, 4.69) is 9.97 Å². The summed E-state index contributed by atoms with van der Waals surface area (Å²) < 4.78 is 25.5. The summed E-state index contributed by atoms with van der Waals surface area (Å²) in [5.41, 5.74) is 1.09. The first-order chi connectivity index (χ1) is 6.75. The van der Waals surface area contributed by atoms with Gasteiger partial charge in [0.15, 0.2) is 0 Å². The summed E-state index contributed by atoms with van der Waals surface area (Å²) in [5, 5.41) is 0. The molecule has 0 saturated carbocycles. The van der Waals surface area contributed by atoms with Crippen molar-refractivity contribution < 1.29 is 8.78 Å². The van der Waals surface area contributed by atoms with Crippen LogP contribution in [0.25, 0.3) is 11.1 Å². The van der Waals surface area contributed by atoms with Gasteiger partial charge in [0.1, 0.15) is 0 Å². The van der Waals surface area contributed by atoms with E-state index < -0.39 is 11.9 Å². The van der Waals surface area contributed by atoms with E-state index in [0.717, 1.165) is 0 Å². The second-order valence-corrected chi connectivity index (χ2v) is 2.74. The van der Waals surface area contributed by atoms with E-state index in [1.165, 1.54) is 18.3 Å². The normalized spacial score (nSPS) is 10.1. The first-order valence-corrected chi connectivity index (χ1v) is 3.99. The zero-order valence-corrected chi connectivity index (χ0v) is 7.11. The fraction of sp³-hybridized carbons (Fsp3) is 0. The van der Waals surface area contributed by atoms with E-state index in [9.17, 15) is 8.78 Å². The first kappa shape index (κ1) is 8.74. The van der Waals surface area contributed by atoms with Gasteiger partial charge >= 0.3 is 0 Å². The molecule has 14 heavy (non-hydrogen) atoms. The lowest BCUT2D eigenvalue weighted by Gasteiger charge is -2.00. The Bertz CT molecular complexity index is 423. The fourth-order valence-corrected chi connectivity index (χ4v) is 1.17. The van der Waals surface area contributed by atoms with Crippen LogP contribution < -0.4 is 0 Å². The molecule has 0 amide bonds. The van der Waals surface area contributed by atoms with Crippen molar-refractivity contribution in [2.45, 2.75) is 0 Å². The molecule has 0 radical (unpaired) electrons. The van der Waals surface area contributed by atoms with Crippen molar-refractivity contribution in [3.05, 3.63) is 48.6 Å². The van der Waals surface area contributed by atoms with Crippen molar-refractivity contribution in [1.29, 1.82) is 0 Å². The maximum Gasteiger partial charge on any atom is 0.216 e. The molecule has 0 N–H and O–H groups in total. The summed E-state index contributed by atoms with van der Waals surface area (Å²) in [6.07, 6.45) is 3.13. The van der Waals surface area contributed by atoms with Gasteiger partial charge in [-0.15, -0.1) is 0 Å². The molecule has 2 rings (SSSR count). The molecular weight excluding hydrogens is 186 g/mol. The largest absolute Gasteiger partial charge is 0.264 e. The van der Waals surface area contributed by atoms with Gasteiger partial charge in [-0.25, -0.2) is 0 Å². The molecule has 0 fully saturated rings.